The molecule has 3 aliphatic rings. The lowest BCUT2D eigenvalue weighted by Gasteiger charge is -2.41. The van der Waals surface area contributed by atoms with Crippen molar-refractivity contribution in [2.45, 2.75) is 57.2 Å². The van der Waals surface area contributed by atoms with Crippen molar-refractivity contribution < 1.29 is 14.3 Å². The van der Waals surface area contributed by atoms with Crippen molar-refractivity contribution in [1.82, 2.24) is 29.6 Å². The highest BCUT2D eigenvalue weighted by Gasteiger charge is 2.35. The van der Waals surface area contributed by atoms with Crippen LogP contribution in [0.25, 0.3) is 11.0 Å². The van der Waals surface area contributed by atoms with Gasteiger partial charge in [-0.25, -0.2) is 9.59 Å². The first-order valence-corrected chi connectivity index (χ1v) is 16.1. The van der Waals surface area contributed by atoms with E-state index in [1.54, 1.807) is 15.5 Å². The molecule has 0 spiro atoms. The summed E-state index contributed by atoms with van der Waals surface area (Å²) in [6, 6.07) is 11.7. The Morgan fingerprint density at radius 1 is 0.977 bits per heavy atom. The molecule has 2 aromatic carbocycles. The molecule has 1 aromatic heterocycles. The van der Waals surface area contributed by atoms with Crippen LogP contribution in [-0.4, -0.2) is 101 Å². The summed E-state index contributed by atoms with van der Waals surface area (Å²) >= 11 is 6.38. The van der Waals surface area contributed by atoms with E-state index in [1.807, 2.05) is 42.2 Å². The number of aryl methyl sites for hydroxylation is 1. The van der Waals surface area contributed by atoms with Gasteiger partial charge >= 0.3 is 11.8 Å². The molecule has 0 aliphatic carbocycles. The fourth-order valence-corrected chi connectivity index (χ4v) is 7.27. The van der Waals surface area contributed by atoms with Gasteiger partial charge in [0.1, 0.15) is 0 Å². The number of benzene rings is 2. The maximum absolute atomic E-state index is 13.9. The van der Waals surface area contributed by atoms with E-state index in [-0.39, 0.29) is 24.1 Å². The molecule has 1 atom stereocenters. The van der Waals surface area contributed by atoms with Crippen LogP contribution < -0.4 is 16.7 Å². The number of nitrogens with zero attached hydrogens (tertiary/aromatic N) is 4. The number of piperazine rings is 1. The van der Waals surface area contributed by atoms with E-state index in [0.717, 1.165) is 61.2 Å². The minimum absolute atomic E-state index is 0.0306. The number of imidazole rings is 1. The number of aromatic amines is 1. The highest BCUT2D eigenvalue weighted by atomic mass is 35.5. The van der Waals surface area contributed by atoms with Crippen LogP contribution in [0.4, 0.5) is 10.5 Å². The van der Waals surface area contributed by atoms with E-state index >= 15 is 0 Å². The van der Waals surface area contributed by atoms with Crippen LogP contribution in [0.2, 0.25) is 5.02 Å². The number of aromatic nitrogens is 2. The van der Waals surface area contributed by atoms with Gasteiger partial charge in [-0.05, 0) is 61.9 Å². The molecule has 4 heterocycles. The molecule has 11 nitrogen and oxygen atoms in total. The Morgan fingerprint density at radius 2 is 1.64 bits per heavy atom. The number of amides is 2. The third-order valence-corrected chi connectivity index (χ3v) is 9.80. The minimum Gasteiger partial charge on any atom is -0.436 e. The third-order valence-electron chi connectivity index (χ3n) is 9.49. The number of para-hydroxylation sites is 2. The predicted octanol–water partition coefficient (Wildman–Crippen LogP) is 3.15. The zero-order valence-corrected chi connectivity index (χ0v) is 26.0. The first-order valence-electron chi connectivity index (χ1n) is 15.7. The normalized spacial score (nSPS) is 19.8. The number of rotatable bonds is 6. The summed E-state index contributed by atoms with van der Waals surface area (Å²) in [5.41, 5.74) is 9.70. The van der Waals surface area contributed by atoms with Crippen molar-refractivity contribution in [2.24, 2.45) is 0 Å². The third kappa shape index (κ3) is 6.45. The lowest BCUT2D eigenvalue weighted by atomic mass is 10.00. The average Bonchev–Trinajstić information content (AvgIpc) is 3.39. The number of anilines is 1. The first-order chi connectivity index (χ1) is 21.3. The molecule has 2 amide bonds. The second-order valence-corrected chi connectivity index (χ2v) is 12.7. The van der Waals surface area contributed by atoms with Crippen LogP contribution in [0, 0.1) is 6.92 Å². The monoisotopic (exact) mass is 623 g/mol. The van der Waals surface area contributed by atoms with Crippen LogP contribution in [0.1, 0.15) is 42.9 Å². The molecule has 4 N–H and O–H groups in total. The van der Waals surface area contributed by atoms with Crippen LogP contribution >= 0.6 is 11.6 Å². The molecule has 6 rings (SSSR count). The van der Waals surface area contributed by atoms with Crippen LogP contribution in [0.15, 0.2) is 41.2 Å². The number of hydrogen-bond acceptors (Lipinski definition) is 7. The van der Waals surface area contributed by atoms with E-state index < -0.39 is 12.2 Å². The minimum atomic E-state index is -0.980. The number of ether oxygens (including phenoxy) is 1. The summed E-state index contributed by atoms with van der Waals surface area (Å²) in [4.78, 5) is 49.1. The molecule has 3 aliphatic heterocycles. The molecular weight excluding hydrogens is 582 g/mol. The van der Waals surface area contributed by atoms with Gasteiger partial charge in [0.15, 0.2) is 6.10 Å². The van der Waals surface area contributed by atoms with Gasteiger partial charge in [0.05, 0.1) is 21.7 Å². The van der Waals surface area contributed by atoms with Gasteiger partial charge in [-0.1, -0.05) is 29.8 Å². The molecule has 0 bridgehead atoms. The number of nitrogens with two attached hydrogens (primary N) is 1. The number of nitrogens with one attached hydrogen (secondary N) is 2. The number of fused-ring (bicyclic) bond motifs is 1. The first kappa shape index (κ1) is 30.5. The highest BCUT2D eigenvalue weighted by molar-refractivity contribution is 6.33. The molecule has 0 radical (unpaired) electrons. The van der Waals surface area contributed by atoms with Gasteiger partial charge in [-0.3, -0.25) is 14.3 Å². The molecule has 12 heteroatoms. The van der Waals surface area contributed by atoms with E-state index in [1.165, 1.54) is 0 Å². The van der Waals surface area contributed by atoms with Crippen LogP contribution in [-0.2, 0) is 16.0 Å². The quantitative estimate of drug-likeness (QED) is 0.360. The molecule has 3 saturated heterocycles. The van der Waals surface area contributed by atoms with Gasteiger partial charge in [0.25, 0.3) is 5.91 Å². The number of likely N-dealkylation sites (tertiary alicyclic amines) is 2. The van der Waals surface area contributed by atoms with Gasteiger partial charge in [-0.2, -0.15) is 0 Å². The summed E-state index contributed by atoms with van der Waals surface area (Å²) in [6.07, 6.45) is 1.75. The second-order valence-electron chi connectivity index (χ2n) is 12.3. The number of nitrogen functional groups attached to an aromatic ring is 1. The number of carbonyl (C=O) groups excluding carboxylic acids is 2. The molecule has 3 fully saturated rings. The fraction of sp³-hybridized carbons (Fsp3) is 0.531. The van der Waals surface area contributed by atoms with Crippen molar-refractivity contribution in [2.75, 3.05) is 58.1 Å². The standard InChI is InChI=1S/C32H42ClN7O4/c1-21-18-22(19-25(33)29(21)34)20-28(30(41)38-12-6-23(7-13-38)37-16-10-35-11-17-37)44-32(43)39-14-8-24(9-15-39)40-27-5-3-2-4-26(27)36-31(40)42/h2-5,18-19,23-24,28,35H,6-17,20,34H2,1H3,(H,36,42)/t28-/m1/s1. The number of H-pyrrole nitrogens is 1. The highest BCUT2D eigenvalue weighted by Crippen LogP contribution is 2.28. The smallest absolute Gasteiger partial charge is 0.410 e. The molecule has 0 unspecified atom stereocenters. The molecule has 3 aromatic rings. The predicted molar refractivity (Wildman–Crippen MR) is 171 cm³/mol. The lowest BCUT2D eigenvalue weighted by Crippen LogP contribution is -2.54. The van der Waals surface area contributed by atoms with E-state index in [0.29, 0.717) is 55.8 Å². The largest absolute Gasteiger partial charge is 0.436 e. The van der Waals surface area contributed by atoms with Crippen LogP contribution in [0.5, 0.6) is 0 Å². The van der Waals surface area contributed by atoms with E-state index in [4.69, 9.17) is 22.1 Å². The maximum Gasteiger partial charge on any atom is 0.410 e. The summed E-state index contributed by atoms with van der Waals surface area (Å²) in [5, 5.41) is 3.82. The van der Waals surface area contributed by atoms with Crippen molar-refractivity contribution in [3.63, 3.8) is 0 Å². The fourth-order valence-electron chi connectivity index (χ4n) is 6.98. The number of piperidine rings is 2. The van der Waals surface area contributed by atoms with Crippen molar-refractivity contribution in [1.29, 1.82) is 0 Å². The average molecular weight is 624 g/mol. The Labute approximate surface area is 262 Å². The number of halogens is 1. The Kier molecular flexibility index (Phi) is 9.16. The SMILES string of the molecule is Cc1cc(C[C@@H](OC(=O)N2CCC(n3c(=O)[nH]c4ccccc43)CC2)C(=O)N2CCC(N3CCNCC3)CC2)cc(Cl)c1N. The lowest BCUT2D eigenvalue weighted by molar-refractivity contribution is -0.142. The Hall–Kier alpha value is -3.54. The van der Waals surface area contributed by atoms with E-state index in [2.05, 4.69) is 15.2 Å². The van der Waals surface area contributed by atoms with Gasteiger partial charge in [0, 0.05) is 70.9 Å². The van der Waals surface area contributed by atoms with Gasteiger partial charge in [-0.15, -0.1) is 0 Å². The zero-order valence-electron chi connectivity index (χ0n) is 25.3. The molecular formula is C32H42ClN7O4. The maximum atomic E-state index is 13.9. The van der Waals surface area contributed by atoms with Crippen molar-refractivity contribution in [3.8, 4) is 0 Å². The molecule has 0 saturated carbocycles. The summed E-state index contributed by atoms with van der Waals surface area (Å²) in [5.74, 6) is -0.178. The Balaban J connectivity index is 1.13. The van der Waals surface area contributed by atoms with Crippen molar-refractivity contribution in [3.05, 3.63) is 63.0 Å². The Bertz CT molecular complexity index is 1530. The van der Waals surface area contributed by atoms with Gasteiger partial charge in [0.2, 0.25) is 0 Å². The number of carbonyl (C=O) groups is 2. The zero-order chi connectivity index (χ0) is 30.8. The summed E-state index contributed by atoms with van der Waals surface area (Å²) < 4.78 is 7.80. The summed E-state index contributed by atoms with van der Waals surface area (Å²) in [6.45, 7) is 8.05. The Morgan fingerprint density at radius 3 is 2.34 bits per heavy atom. The van der Waals surface area contributed by atoms with Crippen LogP contribution in [0.3, 0.4) is 0 Å². The van der Waals surface area contributed by atoms with Crippen molar-refractivity contribution >= 4 is 40.3 Å². The van der Waals surface area contributed by atoms with Gasteiger partial charge < -0.3 is 30.6 Å². The van der Waals surface area contributed by atoms with E-state index in [9.17, 15) is 14.4 Å². The topological polar surface area (TPSA) is 129 Å². The molecule has 44 heavy (non-hydrogen) atoms. The second kappa shape index (κ2) is 13.2. The summed E-state index contributed by atoms with van der Waals surface area (Å²) in [7, 11) is 0. The number of hydrogen-bond donors (Lipinski definition) is 3. The molecule has 236 valence electrons.